The van der Waals surface area contributed by atoms with E-state index in [1.54, 1.807) is 24.3 Å². The molecule has 0 aromatic heterocycles. The first-order chi connectivity index (χ1) is 12.6. The van der Waals surface area contributed by atoms with Gasteiger partial charge < -0.3 is 24.3 Å². The van der Waals surface area contributed by atoms with Gasteiger partial charge in [-0.05, 0) is 29.8 Å². The third-order valence-corrected chi connectivity index (χ3v) is 3.61. The molecular formula is C19H22FNO5. The van der Waals surface area contributed by atoms with Gasteiger partial charge in [-0.3, -0.25) is 4.79 Å². The molecule has 26 heavy (non-hydrogen) atoms. The zero-order chi connectivity index (χ0) is 18.9. The standard InChI is InChI=1S/C19H22FNO5/c1-23-16-10-13(11-17(24-2)19(16)25-3)12-18(22)21-8-9-26-15-7-5-4-6-14(15)20/h4-7,10-11H,8-9,12H2,1-3H3,(H,21,22). The third kappa shape index (κ3) is 5.02. The molecule has 0 saturated heterocycles. The highest BCUT2D eigenvalue weighted by molar-refractivity contribution is 5.79. The van der Waals surface area contributed by atoms with Crippen molar-refractivity contribution in [1.82, 2.24) is 5.32 Å². The lowest BCUT2D eigenvalue weighted by molar-refractivity contribution is -0.120. The van der Waals surface area contributed by atoms with Crippen molar-refractivity contribution in [3.05, 3.63) is 47.8 Å². The Morgan fingerprint density at radius 1 is 1.00 bits per heavy atom. The lowest BCUT2D eigenvalue weighted by Crippen LogP contribution is -2.29. The van der Waals surface area contributed by atoms with Crippen LogP contribution >= 0.6 is 0 Å². The summed E-state index contributed by atoms with van der Waals surface area (Å²) in [6, 6.07) is 9.56. The quantitative estimate of drug-likeness (QED) is 0.694. The molecule has 2 aromatic carbocycles. The summed E-state index contributed by atoms with van der Waals surface area (Å²) < 4.78 is 34.5. The molecule has 2 rings (SSSR count). The van der Waals surface area contributed by atoms with Crippen LogP contribution in [0.15, 0.2) is 36.4 Å². The van der Waals surface area contributed by atoms with Gasteiger partial charge in [0, 0.05) is 0 Å². The summed E-state index contributed by atoms with van der Waals surface area (Å²) in [5.41, 5.74) is 0.715. The summed E-state index contributed by atoms with van der Waals surface area (Å²) in [4.78, 5) is 12.1. The van der Waals surface area contributed by atoms with E-state index < -0.39 is 5.82 Å². The van der Waals surface area contributed by atoms with Gasteiger partial charge in [0.1, 0.15) is 6.61 Å². The van der Waals surface area contributed by atoms with Crippen molar-refractivity contribution in [2.75, 3.05) is 34.5 Å². The minimum absolute atomic E-state index is 0.135. The SMILES string of the molecule is COc1cc(CC(=O)NCCOc2ccccc2F)cc(OC)c1OC. The fourth-order valence-corrected chi connectivity index (χ4v) is 2.40. The summed E-state index contributed by atoms with van der Waals surface area (Å²) in [7, 11) is 4.55. The van der Waals surface area contributed by atoms with Crippen LogP contribution in [0.2, 0.25) is 0 Å². The highest BCUT2D eigenvalue weighted by Gasteiger charge is 2.14. The van der Waals surface area contributed by atoms with E-state index in [1.165, 1.54) is 33.5 Å². The number of amides is 1. The van der Waals surface area contributed by atoms with Gasteiger partial charge in [-0.2, -0.15) is 0 Å². The molecule has 2 aromatic rings. The van der Waals surface area contributed by atoms with E-state index in [2.05, 4.69) is 5.32 Å². The van der Waals surface area contributed by atoms with Crippen LogP contribution in [0.25, 0.3) is 0 Å². The smallest absolute Gasteiger partial charge is 0.224 e. The van der Waals surface area contributed by atoms with Crippen molar-refractivity contribution in [2.24, 2.45) is 0 Å². The Balaban J connectivity index is 1.88. The average molecular weight is 363 g/mol. The highest BCUT2D eigenvalue weighted by Crippen LogP contribution is 2.38. The number of carbonyl (C=O) groups is 1. The third-order valence-electron chi connectivity index (χ3n) is 3.61. The van der Waals surface area contributed by atoms with Gasteiger partial charge in [0.2, 0.25) is 11.7 Å². The minimum Gasteiger partial charge on any atom is -0.493 e. The van der Waals surface area contributed by atoms with Crippen molar-refractivity contribution in [3.8, 4) is 23.0 Å². The largest absolute Gasteiger partial charge is 0.493 e. The highest BCUT2D eigenvalue weighted by atomic mass is 19.1. The first-order valence-corrected chi connectivity index (χ1v) is 8.02. The number of hydrogen-bond acceptors (Lipinski definition) is 5. The number of carbonyl (C=O) groups excluding carboxylic acids is 1. The van der Waals surface area contributed by atoms with E-state index in [1.807, 2.05) is 0 Å². The zero-order valence-electron chi connectivity index (χ0n) is 15.0. The van der Waals surface area contributed by atoms with Crippen LogP contribution < -0.4 is 24.3 Å². The molecule has 6 nitrogen and oxygen atoms in total. The molecule has 0 aliphatic carbocycles. The molecule has 0 saturated carbocycles. The Morgan fingerprint density at radius 2 is 1.65 bits per heavy atom. The normalized spacial score (nSPS) is 10.2. The van der Waals surface area contributed by atoms with Gasteiger partial charge in [-0.25, -0.2) is 4.39 Å². The number of methoxy groups -OCH3 is 3. The molecule has 0 atom stereocenters. The summed E-state index contributed by atoms with van der Waals surface area (Å²) in [5.74, 6) is 0.964. The lowest BCUT2D eigenvalue weighted by atomic mass is 10.1. The summed E-state index contributed by atoms with van der Waals surface area (Å²) in [6.45, 7) is 0.430. The fraction of sp³-hybridized carbons (Fsp3) is 0.316. The van der Waals surface area contributed by atoms with Gasteiger partial charge in [-0.15, -0.1) is 0 Å². The molecule has 0 fully saturated rings. The average Bonchev–Trinajstić information content (AvgIpc) is 2.65. The van der Waals surface area contributed by atoms with Crippen LogP contribution in [-0.4, -0.2) is 40.4 Å². The first-order valence-electron chi connectivity index (χ1n) is 8.02. The Kier molecular flexibility index (Phi) is 7.08. The molecule has 0 radical (unpaired) electrons. The maximum absolute atomic E-state index is 13.4. The van der Waals surface area contributed by atoms with Crippen molar-refractivity contribution in [1.29, 1.82) is 0 Å². The number of hydrogen-bond donors (Lipinski definition) is 1. The second-order valence-electron chi connectivity index (χ2n) is 5.34. The van der Waals surface area contributed by atoms with E-state index in [0.29, 0.717) is 22.8 Å². The van der Waals surface area contributed by atoms with Crippen LogP contribution in [0.1, 0.15) is 5.56 Å². The van der Waals surface area contributed by atoms with Gasteiger partial charge >= 0.3 is 0 Å². The second-order valence-corrected chi connectivity index (χ2v) is 5.34. The number of nitrogens with one attached hydrogen (secondary N) is 1. The van der Waals surface area contributed by atoms with E-state index in [9.17, 15) is 9.18 Å². The van der Waals surface area contributed by atoms with Crippen LogP contribution in [0, 0.1) is 5.82 Å². The van der Waals surface area contributed by atoms with E-state index >= 15 is 0 Å². The Bertz CT molecular complexity index is 725. The lowest BCUT2D eigenvalue weighted by Gasteiger charge is -2.14. The van der Waals surface area contributed by atoms with Crippen LogP contribution in [0.5, 0.6) is 23.0 Å². The summed E-state index contributed by atoms with van der Waals surface area (Å²) >= 11 is 0. The summed E-state index contributed by atoms with van der Waals surface area (Å²) in [5, 5.41) is 2.73. The topological polar surface area (TPSA) is 66.0 Å². The fourth-order valence-electron chi connectivity index (χ4n) is 2.40. The molecule has 0 heterocycles. The van der Waals surface area contributed by atoms with Crippen LogP contribution in [-0.2, 0) is 11.2 Å². The number of rotatable bonds is 9. The Morgan fingerprint density at radius 3 is 2.23 bits per heavy atom. The Hall–Kier alpha value is -2.96. The van der Waals surface area contributed by atoms with Gasteiger partial charge in [0.25, 0.3) is 0 Å². The second kappa shape index (κ2) is 9.50. The van der Waals surface area contributed by atoms with E-state index in [-0.39, 0.29) is 31.2 Å². The van der Waals surface area contributed by atoms with Crippen LogP contribution in [0.4, 0.5) is 4.39 Å². The monoisotopic (exact) mass is 363 g/mol. The maximum Gasteiger partial charge on any atom is 0.224 e. The zero-order valence-corrected chi connectivity index (χ0v) is 15.0. The number of halogens is 1. The van der Waals surface area contributed by atoms with E-state index in [0.717, 1.165) is 0 Å². The van der Waals surface area contributed by atoms with Crippen molar-refractivity contribution in [2.45, 2.75) is 6.42 Å². The predicted molar refractivity (Wildman–Crippen MR) is 94.7 cm³/mol. The van der Waals surface area contributed by atoms with Crippen molar-refractivity contribution < 1.29 is 28.1 Å². The number of ether oxygens (including phenoxy) is 4. The molecule has 0 spiro atoms. The molecule has 0 bridgehead atoms. The first kappa shape index (κ1) is 19.4. The minimum atomic E-state index is -0.434. The molecule has 7 heteroatoms. The van der Waals surface area contributed by atoms with Crippen molar-refractivity contribution >= 4 is 5.91 Å². The maximum atomic E-state index is 13.4. The van der Waals surface area contributed by atoms with E-state index in [4.69, 9.17) is 18.9 Å². The Labute approximate surface area is 151 Å². The molecule has 0 aliphatic rings. The van der Waals surface area contributed by atoms with Crippen molar-refractivity contribution in [3.63, 3.8) is 0 Å². The number of para-hydroxylation sites is 1. The van der Waals surface area contributed by atoms with Gasteiger partial charge in [-0.1, -0.05) is 12.1 Å². The molecular weight excluding hydrogens is 341 g/mol. The molecule has 0 aliphatic heterocycles. The van der Waals surface area contributed by atoms with Gasteiger partial charge in [0.15, 0.2) is 23.1 Å². The summed E-state index contributed by atoms with van der Waals surface area (Å²) in [6.07, 6.45) is 0.135. The van der Waals surface area contributed by atoms with Gasteiger partial charge in [0.05, 0.1) is 34.3 Å². The molecule has 0 unspecified atom stereocenters. The molecule has 140 valence electrons. The number of benzene rings is 2. The molecule has 1 N–H and O–H groups in total. The van der Waals surface area contributed by atoms with Crippen LogP contribution in [0.3, 0.4) is 0 Å². The molecule has 1 amide bonds. The predicted octanol–water partition coefficient (Wildman–Crippen LogP) is 2.59.